The molecule has 9 heteroatoms. The second-order valence-electron chi connectivity index (χ2n) is 6.30. The molecule has 0 spiro atoms. The second kappa shape index (κ2) is 7.63. The molecule has 26 heavy (non-hydrogen) atoms. The average molecular weight is 392 g/mol. The van der Waals surface area contributed by atoms with Crippen molar-refractivity contribution >= 4 is 34.0 Å². The predicted octanol–water partition coefficient (Wildman–Crippen LogP) is 4.04. The van der Waals surface area contributed by atoms with Gasteiger partial charge in [0.1, 0.15) is 5.76 Å². The minimum absolute atomic E-state index is 0.0585. The van der Waals surface area contributed by atoms with E-state index in [-0.39, 0.29) is 5.78 Å². The van der Waals surface area contributed by atoms with Crippen molar-refractivity contribution in [2.75, 3.05) is 11.1 Å². The summed E-state index contributed by atoms with van der Waals surface area (Å²) >= 11 is 2.87. The highest BCUT2D eigenvalue weighted by molar-refractivity contribution is 8.01. The van der Waals surface area contributed by atoms with E-state index in [1.807, 2.05) is 51.3 Å². The molecule has 3 heterocycles. The maximum Gasteiger partial charge on any atom is 0.206 e. The zero-order valence-electron chi connectivity index (χ0n) is 15.4. The molecule has 0 saturated carbocycles. The lowest BCUT2D eigenvalue weighted by molar-refractivity contribution is 0.102. The van der Waals surface area contributed by atoms with Crippen molar-refractivity contribution in [3.05, 3.63) is 34.8 Å². The summed E-state index contributed by atoms with van der Waals surface area (Å²) in [6, 6.07) is 4.05. The first-order chi connectivity index (χ1) is 12.3. The normalized spacial score (nSPS) is 11.3. The molecular weight excluding hydrogens is 370 g/mol. The van der Waals surface area contributed by atoms with Crippen molar-refractivity contribution < 1.29 is 9.32 Å². The van der Waals surface area contributed by atoms with E-state index in [0.717, 1.165) is 26.6 Å². The van der Waals surface area contributed by atoms with Crippen LogP contribution in [-0.2, 0) is 0 Å². The molecule has 0 aromatic carbocycles. The molecule has 0 aliphatic rings. The molecule has 0 fully saturated rings. The maximum absolute atomic E-state index is 12.7. The van der Waals surface area contributed by atoms with Gasteiger partial charge in [0.2, 0.25) is 5.13 Å². The van der Waals surface area contributed by atoms with Crippen molar-refractivity contribution in [2.24, 2.45) is 0 Å². The van der Waals surface area contributed by atoms with Gasteiger partial charge in [0.05, 0.1) is 5.75 Å². The van der Waals surface area contributed by atoms with Gasteiger partial charge >= 0.3 is 0 Å². The first kappa shape index (κ1) is 18.7. The van der Waals surface area contributed by atoms with Gasteiger partial charge in [-0.25, -0.2) is 0 Å². The molecule has 0 bridgehead atoms. The number of nitrogens with zero attached hydrogens (tertiary/aromatic N) is 4. The van der Waals surface area contributed by atoms with Crippen LogP contribution in [0.4, 0.5) is 5.13 Å². The van der Waals surface area contributed by atoms with Crippen LogP contribution in [0, 0.1) is 20.8 Å². The Morgan fingerprint density at radius 1 is 1.31 bits per heavy atom. The Balaban J connectivity index is 1.71. The number of anilines is 1. The van der Waals surface area contributed by atoms with Gasteiger partial charge in [0.25, 0.3) is 0 Å². The monoisotopic (exact) mass is 391 g/mol. The first-order valence-electron chi connectivity index (χ1n) is 8.24. The van der Waals surface area contributed by atoms with Crippen molar-refractivity contribution in [3.63, 3.8) is 0 Å². The van der Waals surface area contributed by atoms with Crippen molar-refractivity contribution in [1.29, 1.82) is 0 Å². The van der Waals surface area contributed by atoms with E-state index in [9.17, 15) is 4.79 Å². The topological polar surface area (TPSA) is 85.8 Å². The molecule has 0 amide bonds. The van der Waals surface area contributed by atoms with E-state index in [2.05, 4.69) is 20.7 Å². The fourth-order valence-electron chi connectivity index (χ4n) is 2.63. The number of hydrogen-bond donors (Lipinski definition) is 1. The number of aryl methyl sites for hydroxylation is 2. The van der Waals surface area contributed by atoms with Crippen LogP contribution in [-0.4, -0.2) is 37.5 Å². The molecule has 3 aromatic heterocycles. The van der Waals surface area contributed by atoms with E-state index >= 15 is 0 Å². The summed E-state index contributed by atoms with van der Waals surface area (Å²) in [5.41, 5.74) is 2.50. The fraction of sp³-hybridized carbons (Fsp3) is 0.412. The van der Waals surface area contributed by atoms with E-state index in [4.69, 9.17) is 4.52 Å². The summed E-state index contributed by atoms with van der Waals surface area (Å²) in [5, 5.41) is 16.2. The minimum Gasteiger partial charge on any atom is -0.360 e. The number of nitrogens with one attached hydrogen (secondary N) is 1. The van der Waals surface area contributed by atoms with Gasteiger partial charge in [0, 0.05) is 29.1 Å². The van der Waals surface area contributed by atoms with Crippen LogP contribution in [0.25, 0.3) is 5.82 Å². The molecule has 138 valence electrons. The van der Waals surface area contributed by atoms with Crippen LogP contribution in [0.15, 0.2) is 21.0 Å². The second-order valence-corrected chi connectivity index (χ2v) is 8.50. The average Bonchev–Trinajstić information content (AvgIpc) is 3.25. The predicted molar refractivity (Wildman–Crippen MR) is 104 cm³/mol. The lowest BCUT2D eigenvalue weighted by atomic mass is 10.2. The molecule has 0 aliphatic carbocycles. The molecule has 0 aliphatic heterocycles. The van der Waals surface area contributed by atoms with Gasteiger partial charge in [-0.3, -0.25) is 9.36 Å². The zero-order valence-corrected chi connectivity index (χ0v) is 17.0. The number of ketones is 1. The largest absolute Gasteiger partial charge is 0.360 e. The summed E-state index contributed by atoms with van der Waals surface area (Å²) in [6.45, 7) is 9.81. The van der Waals surface area contributed by atoms with Crippen molar-refractivity contribution in [2.45, 2.75) is 45.0 Å². The lowest BCUT2D eigenvalue weighted by Gasteiger charge is -2.05. The molecule has 3 rings (SSSR count). The number of carbonyl (C=O) groups is 1. The molecule has 0 atom stereocenters. The molecule has 3 aromatic rings. The molecular formula is C17H21N5O2S2. The highest BCUT2D eigenvalue weighted by Gasteiger charge is 2.19. The summed E-state index contributed by atoms with van der Waals surface area (Å²) in [4.78, 5) is 12.7. The maximum atomic E-state index is 12.7. The quantitative estimate of drug-likeness (QED) is 0.480. The highest BCUT2D eigenvalue weighted by Crippen LogP contribution is 2.28. The van der Waals surface area contributed by atoms with Gasteiger partial charge < -0.3 is 9.84 Å². The number of aromatic nitrogens is 4. The number of hydrogen-bond acceptors (Lipinski definition) is 8. The smallest absolute Gasteiger partial charge is 0.206 e. The van der Waals surface area contributed by atoms with E-state index in [1.54, 1.807) is 0 Å². The Hall–Kier alpha value is -2.13. The van der Waals surface area contributed by atoms with Crippen LogP contribution < -0.4 is 5.32 Å². The van der Waals surface area contributed by atoms with Crippen LogP contribution in [0.2, 0.25) is 0 Å². The summed E-state index contributed by atoms with van der Waals surface area (Å²) in [7, 11) is 0. The van der Waals surface area contributed by atoms with E-state index < -0.39 is 0 Å². The number of carbonyl (C=O) groups excluding carboxylic acids is 1. The summed E-state index contributed by atoms with van der Waals surface area (Å²) in [6.07, 6.45) is 0. The molecule has 0 saturated heterocycles. The molecule has 0 unspecified atom stereocenters. The van der Waals surface area contributed by atoms with E-state index in [1.165, 1.54) is 23.1 Å². The van der Waals surface area contributed by atoms with Gasteiger partial charge in [-0.2, -0.15) is 0 Å². The van der Waals surface area contributed by atoms with Gasteiger partial charge in [-0.1, -0.05) is 28.3 Å². The standard InChI is InChI=1S/C17H21N5O2S2/c1-9(2)18-16-19-20-17(26-16)25-8-14(23)13-6-10(3)22(12(13)5)15-7-11(4)24-21-15/h6-7,9H,8H2,1-5H3,(H,18,19). The van der Waals surface area contributed by atoms with Gasteiger partial charge in [0.15, 0.2) is 15.9 Å². The van der Waals surface area contributed by atoms with E-state index in [0.29, 0.717) is 23.2 Å². The SMILES string of the molecule is Cc1cc(-n2c(C)cc(C(=O)CSc3nnc(NC(C)C)s3)c2C)no1. The Morgan fingerprint density at radius 2 is 2.08 bits per heavy atom. The zero-order chi connectivity index (χ0) is 18.8. The lowest BCUT2D eigenvalue weighted by Crippen LogP contribution is -2.08. The fourth-order valence-corrected chi connectivity index (χ4v) is 4.42. The first-order valence-corrected chi connectivity index (χ1v) is 10.0. The van der Waals surface area contributed by atoms with Crippen LogP contribution in [0.1, 0.15) is 41.4 Å². The van der Waals surface area contributed by atoms with Crippen LogP contribution >= 0.6 is 23.1 Å². The Labute approximate surface area is 160 Å². The number of Topliss-reactive ketones (excluding diaryl/α,β-unsaturated/α-hetero) is 1. The number of thioether (sulfide) groups is 1. The summed E-state index contributed by atoms with van der Waals surface area (Å²) < 4.78 is 7.87. The van der Waals surface area contributed by atoms with Gasteiger partial charge in [-0.05, 0) is 40.7 Å². The molecule has 0 radical (unpaired) electrons. The van der Waals surface area contributed by atoms with Gasteiger partial charge in [-0.15, -0.1) is 10.2 Å². The molecule has 7 nitrogen and oxygen atoms in total. The Bertz CT molecular complexity index is 926. The molecule has 1 N–H and O–H groups in total. The summed E-state index contributed by atoms with van der Waals surface area (Å²) in [5.74, 6) is 1.80. The van der Waals surface area contributed by atoms with Crippen molar-refractivity contribution in [1.82, 2.24) is 19.9 Å². The Morgan fingerprint density at radius 3 is 2.73 bits per heavy atom. The third-order valence-corrected chi connectivity index (χ3v) is 5.71. The minimum atomic E-state index is 0.0585. The highest BCUT2D eigenvalue weighted by atomic mass is 32.2. The van der Waals surface area contributed by atoms with Crippen LogP contribution in [0.5, 0.6) is 0 Å². The van der Waals surface area contributed by atoms with Crippen molar-refractivity contribution in [3.8, 4) is 5.82 Å². The number of rotatable bonds is 7. The Kier molecular flexibility index (Phi) is 5.47. The third-order valence-electron chi connectivity index (χ3n) is 3.72. The van der Waals surface area contributed by atoms with Crippen LogP contribution in [0.3, 0.4) is 0 Å². The third kappa shape index (κ3) is 3.99.